The van der Waals surface area contributed by atoms with E-state index in [1.54, 1.807) is 18.3 Å². The first-order valence-electron chi connectivity index (χ1n) is 8.33. The van der Waals surface area contributed by atoms with Crippen LogP contribution in [0.25, 0.3) is 22.4 Å². The largest absolute Gasteiger partial charge is 0.384 e. The number of nitrogen functional groups attached to an aromatic ring is 1. The van der Waals surface area contributed by atoms with E-state index in [1.807, 2.05) is 25.1 Å². The first-order valence-corrected chi connectivity index (χ1v) is 8.33. The second-order valence-electron chi connectivity index (χ2n) is 6.00. The Balaban J connectivity index is 1.83. The smallest absolute Gasteiger partial charge is 0.131 e. The van der Waals surface area contributed by atoms with Crippen molar-refractivity contribution in [2.45, 2.75) is 13.0 Å². The maximum absolute atomic E-state index is 13.6. The Morgan fingerprint density at radius 2 is 1.89 bits per heavy atom. The molecule has 3 heterocycles. The third-order valence-electron chi connectivity index (χ3n) is 4.02. The van der Waals surface area contributed by atoms with Gasteiger partial charge >= 0.3 is 0 Å². The lowest BCUT2D eigenvalue weighted by Crippen LogP contribution is -2.13. The Bertz CT molecular complexity index is 1100. The molecular formula is C19H16FN7. The van der Waals surface area contributed by atoms with Crippen molar-refractivity contribution in [1.29, 1.82) is 0 Å². The summed E-state index contributed by atoms with van der Waals surface area (Å²) in [6.07, 6.45) is 3.07. The van der Waals surface area contributed by atoms with Crippen LogP contribution in [-0.4, -0.2) is 24.9 Å². The summed E-state index contributed by atoms with van der Waals surface area (Å²) in [4.78, 5) is 21.8. The lowest BCUT2D eigenvalue weighted by Gasteiger charge is -2.17. The highest BCUT2D eigenvalue weighted by molar-refractivity contribution is 5.78. The predicted molar refractivity (Wildman–Crippen MR) is 101 cm³/mol. The molecule has 0 bridgehead atoms. The van der Waals surface area contributed by atoms with Crippen molar-refractivity contribution >= 4 is 22.7 Å². The summed E-state index contributed by atoms with van der Waals surface area (Å²) in [5.41, 5.74) is 8.69. The maximum Gasteiger partial charge on any atom is 0.131 e. The maximum atomic E-state index is 13.6. The normalized spacial score (nSPS) is 12.1. The summed E-state index contributed by atoms with van der Waals surface area (Å²) < 4.78 is 13.6. The van der Waals surface area contributed by atoms with Crippen molar-refractivity contribution in [1.82, 2.24) is 24.9 Å². The molecule has 0 aliphatic rings. The second kappa shape index (κ2) is 6.91. The van der Waals surface area contributed by atoms with Crippen molar-refractivity contribution in [2.75, 3.05) is 11.1 Å². The van der Waals surface area contributed by atoms with Gasteiger partial charge in [0.15, 0.2) is 0 Å². The summed E-state index contributed by atoms with van der Waals surface area (Å²) in [7, 11) is 0. The van der Waals surface area contributed by atoms with Crippen LogP contribution in [0.5, 0.6) is 0 Å². The topological polar surface area (TPSA) is 102 Å². The van der Waals surface area contributed by atoms with Gasteiger partial charge in [0.2, 0.25) is 0 Å². The van der Waals surface area contributed by atoms with Crippen molar-refractivity contribution in [3.63, 3.8) is 0 Å². The van der Waals surface area contributed by atoms with Crippen LogP contribution in [0, 0.1) is 5.82 Å². The molecule has 4 rings (SSSR count). The van der Waals surface area contributed by atoms with Crippen LogP contribution in [0.4, 0.5) is 16.0 Å². The predicted octanol–water partition coefficient (Wildman–Crippen LogP) is 3.38. The number of fused-ring (bicyclic) bond motifs is 1. The van der Waals surface area contributed by atoms with Gasteiger partial charge in [0.25, 0.3) is 0 Å². The number of nitrogens with zero attached hydrogens (tertiary/aromatic N) is 5. The summed E-state index contributed by atoms with van der Waals surface area (Å²) in [6.45, 7) is 1.93. The van der Waals surface area contributed by atoms with E-state index in [0.717, 1.165) is 0 Å². The molecule has 7 nitrogen and oxygen atoms in total. The van der Waals surface area contributed by atoms with Crippen LogP contribution in [0.2, 0.25) is 0 Å². The minimum atomic E-state index is -0.362. The molecule has 0 unspecified atom stereocenters. The van der Waals surface area contributed by atoms with E-state index in [-0.39, 0.29) is 11.9 Å². The van der Waals surface area contributed by atoms with Gasteiger partial charge in [-0.1, -0.05) is 6.07 Å². The monoisotopic (exact) mass is 361 g/mol. The molecule has 0 saturated carbocycles. The molecule has 0 spiro atoms. The number of halogens is 1. The van der Waals surface area contributed by atoms with Gasteiger partial charge in [-0.3, -0.25) is 4.98 Å². The Hall–Kier alpha value is -3.68. The van der Waals surface area contributed by atoms with E-state index in [1.165, 1.54) is 18.5 Å². The van der Waals surface area contributed by atoms with E-state index in [0.29, 0.717) is 39.8 Å². The minimum absolute atomic E-state index is 0.252. The van der Waals surface area contributed by atoms with E-state index in [4.69, 9.17) is 10.7 Å². The third kappa shape index (κ3) is 3.50. The fourth-order valence-corrected chi connectivity index (χ4v) is 2.78. The molecule has 0 aliphatic carbocycles. The highest BCUT2D eigenvalue weighted by Crippen LogP contribution is 2.28. The average molecular weight is 361 g/mol. The van der Waals surface area contributed by atoms with Gasteiger partial charge in [0.05, 0.1) is 28.5 Å². The number of rotatable bonds is 4. The average Bonchev–Trinajstić information content (AvgIpc) is 2.67. The second-order valence-corrected chi connectivity index (χ2v) is 6.00. The molecule has 1 aromatic carbocycles. The molecule has 134 valence electrons. The number of hydrogen-bond donors (Lipinski definition) is 2. The molecule has 0 fully saturated rings. The first-order chi connectivity index (χ1) is 13.1. The third-order valence-corrected chi connectivity index (χ3v) is 4.02. The number of nitrogens with two attached hydrogens (primary N) is 1. The summed E-state index contributed by atoms with van der Waals surface area (Å²) in [5, 5.41) is 3.25. The van der Waals surface area contributed by atoms with Gasteiger partial charge in [0, 0.05) is 18.3 Å². The quantitative estimate of drug-likeness (QED) is 0.574. The highest BCUT2D eigenvalue weighted by Gasteiger charge is 2.18. The standard InChI is InChI=1S/C19H16FN7/c1-11(25-17-9-16(21)23-10-24-17)18-19(14-4-2-3-7-22-14)27-15-8-12(20)5-6-13(15)26-18/h2-11H,1H3,(H3,21,23,24,25)/t11-/m0/s1. The Morgan fingerprint density at radius 1 is 1.00 bits per heavy atom. The number of benzene rings is 1. The number of aromatic nitrogens is 5. The van der Waals surface area contributed by atoms with Crippen molar-refractivity contribution in [3.8, 4) is 11.4 Å². The number of anilines is 2. The van der Waals surface area contributed by atoms with Gasteiger partial charge in [0.1, 0.15) is 29.5 Å². The summed E-state index contributed by atoms with van der Waals surface area (Å²) >= 11 is 0. The van der Waals surface area contributed by atoms with E-state index in [2.05, 4.69) is 25.3 Å². The molecule has 27 heavy (non-hydrogen) atoms. The molecule has 3 N–H and O–H groups in total. The number of hydrogen-bond acceptors (Lipinski definition) is 7. The van der Waals surface area contributed by atoms with E-state index < -0.39 is 0 Å². The number of pyridine rings is 1. The van der Waals surface area contributed by atoms with Crippen LogP contribution < -0.4 is 11.1 Å². The molecular weight excluding hydrogens is 345 g/mol. The zero-order valence-electron chi connectivity index (χ0n) is 14.5. The molecule has 0 radical (unpaired) electrons. The van der Waals surface area contributed by atoms with Crippen molar-refractivity contribution in [2.24, 2.45) is 0 Å². The Labute approximate surface area is 154 Å². The van der Waals surface area contributed by atoms with Crippen molar-refractivity contribution in [3.05, 3.63) is 66.5 Å². The van der Waals surface area contributed by atoms with Crippen LogP contribution in [0.1, 0.15) is 18.7 Å². The molecule has 1 atom stereocenters. The minimum Gasteiger partial charge on any atom is -0.384 e. The zero-order chi connectivity index (χ0) is 18.8. The van der Waals surface area contributed by atoms with Gasteiger partial charge in [-0.2, -0.15) is 0 Å². The van der Waals surface area contributed by atoms with Gasteiger partial charge in [-0.05, 0) is 31.2 Å². The lowest BCUT2D eigenvalue weighted by molar-refractivity contribution is 0.629. The number of nitrogens with one attached hydrogen (secondary N) is 1. The zero-order valence-corrected chi connectivity index (χ0v) is 14.5. The fourth-order valence-electron chi connectivity index (χ4n) is 2.78. The summed E-state index contributed by atoms with van der Waals surface area (Å²) in [6, 6.07) is 11.3. The fraction of sp³-hybridized carbons (Fsp3) is 0.105. The van der Waals surface area contributed by atoms with E-state index in [9.17, 15) is 4.39 Å². The van der Waals surface area contributed by atoms with Gasteiger partial charge in [-0.15, -0.1) is 0 Å². The lowest BCUT2D eigenvalue weighted by atomic mass is 10.1. The van der Waals surface area contributed by atoms with Crippen LogP contribution >= 0.6 is 0 Å². The first kappa shape index (κ1) is 16.8. The Morgan fingerprint density at radius 3 is 2.67 bits per heavy atom. The van der Waals surface area contributed by atoms with Gasteiger partial charge < -0.3 is 11.1 Å². The highest BCUT2D eigenvalue weighted by atomic mass is 19.1. The van der Waals surface area contributed by atoms with E-state index >= 15 is 0 Å². The Kier molecular flexibility index (Phi) is 4.29. The van der Waals surface area contributed by atoms with Crippen molar-refractivity contribution < 1.29 is 4.39 Å². The van der Waals surface area contributed by atoms with Crippen LogP contribution in [0.3, 0.4) is 0 Å². The molecule has 0 saturated heterocycles. The molecule has 8 heteroatoms. The van der Waals surface area contributed by atoms with Crippen LogP contribution in [-0.2, 0) is 0 Å². The molecule has 3 aromatic heterocycles. The molecule has 0 amide bonds. The molecule has 0 aliphatic heterocycles. The van der Waals surface area contributed by atoms with Gasteiger partial charge in [-0.25, -0.2) is 24.3 Å². The SMILES string of the molecule is C[C@H](Nc1cc(N)ncn1)c1nc2ccc(F)cc2nc1-c1ccccn1. The van der Waals surface area contributed by atoms with Crippen LogP contribution in [0.15, 0.2) is 55.0 Å². The summed E-state index contributed by atoms with van der Waals surface area (Å²) in [5.74, 6) is 0.576. The molecule has 4 aromatic rings.